The van der Waals surface area contributed by atoms with Gasteiger partial charge in [-0.25, -0.2) is 0 Å². The van der Waals surface area contributed by atoms with Crippen molar-refractivity contribution in [3.05, 3.63) is 29.8 Å². The van der Waals surface area contributed by atoms with Gasteiger partial charge in [-0.2, -0.15) is 0 Å². The average Bonchev–Trinajstić information content (AvgIpc) is 3.22. The van der Waals surface area contributed by atoms with Gasteiger partial charge in [0.25, 0.3) is 5.91 Å². The van der Waals surface area contributed by atoms with Crippen LogP contribution in [-0.2, 0) is 4.79 Å². The molecule has 4 heteroatoms. The molecule has 2 rings (SSSR count). The summed E-state index contributed by atoms with van der Waals surface area (Å²) in [7, 11) is 1.59. The van der Waals surface area contributed by atoms with E-state index in [1.54, 1.807) is 31.3 Å². The zero-order chi connectivity index (χ0) is 13.1. The van der Waals surface area contributed by atoms with E-state index in [0.29, 0.717) is 11.5 Å². The molecule has 1 atom stereocenters. The number of hydrogen-bond acceptors (Lipinski definition) is 2. The van der Waals surface area contributed by atoms with E-state index in [4.69, 9.17) is 0 Å². The van der Waals surface area contributed by atoms with Gasteiger partial charge in [0.05, 0.1) is 0 Å². The fraction of sp³-hybridized carbons (Fsp3) is 0.429. The van der Waals surface area contributed by atoms with Crippen LogP contribution < -0.4 is 10.6 Å². The van der Waals surface area contributed by atoms with Crippen LogP contribution in [0.5, 0.6) is 0 Å². The first-order valence-electron chi connectivity index (χ1n) is 6.25. The van der Waals surface area contributed by atoms with Gasteiger partial charge in [0.1, 0.15) is 0 Å². The minimum Gasteiger partial charge on any atom is -0.355 e. The van der Waals surface area contributed by atoms with E-state index in [0.717, 1.165) is 18.5 Å². The van der Waals surface area contributed by atoms with Gasteiger partial charge < -0.3 is 10.6 Å². The highest BCUT2D eigenvalue weighted by molar-refractivity contribution is 5.96. The Labute approximate surface area is 107 Å². The highest BCUT2D eigenvalue weighted by atomic mass is 16.2. The summed E-state index contributed by atoms with van der Waals surface area (Å²) >= 11 is 0. The third-order valence-electron chi connectivity index (χ3n) is 3.38. The highest BCUT2D eigenvalue weighted by Crippen LogP contribution is 2.37. The van der Waals surface area contributed by atoms with Crippen molar-refractivity contribution >= 4 is 17.5 Å². The molecule has 1 aliphatic rings. The zero-order valence-corrected chi connectivity index (χ0v) is 10.7. The van der Waals surface area contributed by atoms with Crippen LogP contribution in [0.15, 0.2) is 24.3 Å². The Kier molecular flexibility index (Phi) is 3.65. The summed E-state index contributed by atoms with van der Waals surface area (Å²) in [5, 5.41) is 5.43. The van der Waals surface area contributed by atoms with Crippen molar-refractivity contribution in [2.24, 2.45) is 11.8 Å². The molecule has 1 unspecified atom stereocenters. The van der Waals surface area contributed by atoms with Crippen LogP contribution >= 0.6 is 0 Å². The standard InChI is InChI=1S/C14H18N2O2/c1-9(10-3-4-10)13(17)16-12-7-5-11(6-8-12)14(18)15-2/h5-10H,3-4H2,1-2H3,(H,15,18)(H,16,17). The number of carbonyl (C=O) groups excluding carboxylic acids is 2. The predicted octanol–water partition coefficient (Wildman–Crippen LogP) is 2.03. The molecule has 2 amide bonds. The molecule has 1 aliphatic carbocycles. The summed E-state index contributed by atoms with van der Waals surface area (Å²) in [6.45, 7) is 1.96. The number of carbonyl (C=O) groups is 2. The van der Waals surface area contributed by atoms with E-state index in [-0.39, 0.29) is 17.7 Å². The van der Waals surface area contributed by atoms with E-state index >= 15 is 0 Å². The van der Waals surface area contributed by atoms with Crippen LogP contribution in [0, 0.1) is 11.8 Å². The highest BCUT2D eigenvalue weighted by Gasteiger charge is 2.32. The van der Waals surface area contributed by atoms with Gasteiger partial charge in [0, 0.05) is 24.2 Å². The minimum absolute atomic E-state index is 0.0604. The number of nitrogens with one attached hydrogen (secondary N) is 2. The largest absolute Gasteiger partial charge is 0.355 e. The van der Waals surface area contributed by atoms with Crippen molar-refractivity contribution in [1.29, 1.82) is 0 Å². The van der Waals surface area contributed by atoms with E-state index in [9.17, 15) is 9.59 Å². The lowest BCUT2D eigenvalue weighted by molar-refractivity contribution is -0.119. The van der Waals surface area contributed by atoms with Crippen LogP contribution in [0.4, 0.5) is 5.69 Å². The van der Waals surface area contributed by atoms with Crippen molar-refractivity contribution in [3.63, 3.8) is 0 Å². The first-order chi connectivity index (χ1) is 8.61. The van der Waals surface area contributed by atoms with Crippen LogP contribution in [0.2, 0.25) is 0 Å². The molecular weight excluding hydrogens is 228 g/mol. The van der Waals surface area contributed by atoms with Crippen molar-refractivity contribution in [2.75, 3.05) is 12.4 Å². The number of hydrogen-bond donors (Lipinski definition) is 2. The Morgan fingerprint density at radius 3 is 2.33 bits per heavy atom. The van der Waals surface area contributed by atoms with E-state index in [2.05, 4.69) is 10.6 Å². The van der Waals surface area contributed by atoms with Crippen molar-refractivity contribution in [2.45, 2.75) is 19.8 Å². The molecule has 2 N–H and O–H groups in total. The second kappa shape index (κ2) is 5.21. The first-order valence-corrected chi connectivity index (χ1v) is 6.25. The average molecular weight is 246 g/mol. The summed E-state index contributed by atoms with van der Waals surface area (Å²) in [5.41, 5.74) is 1.32. The Morgan fingerprint density at radius 2 is 1.83 bits per heavy atom. The Hall–Kier alpha value is -1.84. The van der Waals surface area contributed by atoms with Crippen molar-refractivity contribution in [1.82, 2.24) is 5.32 Å². The van der Waals surface area contributed by atoms with E-state index < -0.39 is 0 Å². The summed E-state index contributed by atoms with van der Waals surface area (Å²) in [4.78, 5) is 23.2. The Bertz CT molecular complexity index is 449. The monoisotopic (exact) mass is 246 g/mol. The van der Waals surface area contributed by atoms with Gasteiger partial charge in [0.2, 0.25) is 5.91 Å². The molecule has 0 spiro atoms. The maximum Gasteiger partial charge on any atom is 0.251 e. The third-order valence-corrected chi connectivity index (χ3v) is 3.38. The molecular formula is C14H18N2O2. The quantitative estimate of drug-likeness (QED) is 0.854. The molecule has 1 aromatic rings. The molecule has 0 heterocycles. The maximum absolute atomic E-state index is 11.9. The van der Waals surface area contributed by atoms with Crippen molar-refractivity contribution < 1.29 is 9.59 Å². The van der Waals surface area contributed by atoms with E-state index in [1.165, 1.54) is 0 Å². The van der Waals surface area contributed by atoms with Crippen LogP contribution in [0.1, 0.15) is 30.1 Å². The van der Waals surface area contributed by atoms with Crippen LogP contribution in [-0.4, -0.2) is 18.9 Å². The summed E-state index contributed by atoms with van der Waals surface area (Å²) in [5.74, 6) is 0.558. The smallest absolute Gasteiger partial charge is 0.251 e. The summed E-state index contributed by atoms with van der Waals surface area (Å²) in [6.07, 6.45) is 2.31. The molecule has 0 aromatic heterocycles. The number of amides is 2. The van der Waals surface area contributed by atoms with Crippen LogP contribution in [0.25, 0.3) is 0 Å². The second-order valence-electron chi connectivity index (χ2n) is 4.77. The van der Waals surface area contributed by atoms with Gasteiger partial charge in [-0.15, -0.1) is 0 Å². The first kappa shape index (κ1) is 12.6. The molecule has 18 heavy (non-hydrogen) atoms. The molecule has 1 aromatic carbocycles. The SMILES string of the molecule is CNC(=O)c1ccc(NC(=O)C(C)C2CC2)cc1. The van der Waals surface area contributed by atoms with Gasteiger partial charge in [0.15, 0.2) is 0 Å². The van der Waals surface area contributed by atoms with Gasteiger partial charge in [-0.1, -0.05) is 6.92 Å². The zero-order valence-electron chi connectivity index (χ0n) is 10.7. The van der Waals surface area contributed by atoms with Gasteiger partial charge in [-0.3, -0.25) is 9.59 Å². The summed E-state index contributed by atoms with van der Waals surface area (Å²) in [6, 6.07) is 6.91. The normalized spacial score (nSPS) is 15.9. The fourth-order valence-electron chi connectivity index (χ4n) is 1.92. The number of rotatable bonds is 4. The molecule has 0 bridgehead atoms. The van der Waals surface area contributed by atoms with Gasteiger partial charge >= 0.3 is 0 Å². The third kappa shape index (κ3) is 2.88. The maximum atomic E-state index is 11.9. The van der Waals surface area contributed by atoms with E-state index in [1.807, 2.05) is 6.92 Å². The number of benzene rings is 1. The molecule has 0 aliphatic heterocycles. The molecule has 1 fully saturated rings. The molecule has 4 nitrogen and oxygen atoms in total. The lowest BCUT2D eigenvalue weighted by Crippen LogP contribution is -2.22. The predicted molar refractivity (Wildman–Crippen MR) is 70.3 cm³/mol. The Morgan fingerprint density at radius 1 is 1.22 bits per heavy atom. The number of anilines is 1. The molecule has 1 saturated carbocycles. The minimum atomic E-state index is -0.126. The lowest BCUT2D eigenvalue weighted by Gasteiger charge is -2.11. The fourth-order valence-corrected chi connectivity index (χ4v) is 1.92. The molecule has 0 saturated heterocycles. The molecule has 96 valence electrons. The second-order valence-corrected chi connectivity index (χ2v) is 4.77. The van der Waals surface area contributed by atoms with Gasteiger partial charge in [-0.05, 0) is 43.0 Å². The summed E-state index contributed by atoms with van der Waals surface area (Å²) < 4.78 is 0. The lowest BCUT2D eigenvalue weighted by atomic mass is 10.1. The van der Waals surface area contributed by atoms with Crippen LogP contribution in [0.3, 0.4) is 0 Å². The molecule has 0 radical (unpaired) electrons. The van der Waals surface area contributed by atoms with Crippen molar-refractivity contribution in [3.8, 4) is 0 Å². The topological polar surface area (TPSA) is 58.2 Å². The Balaban J connectivity index is 1.97.